The van der Waals surface area contributed by atoms with Crippen molar-refractivity contribution in [1.29, 1.82) is 0 Å². The Hall–Kier alpha value is -1.55. The van der Waals surface area contributed by atoms with E-state index >= 15 is 0 Å². The average Bonchev–Trinajstić information content (AvgIpc) is 3.15. The largest absolute Gasteiger partial charge is 0.434 e. The summed E-state index contributed by atoms with van der Waals surface area (Å²) < 4.78 is 41.2. The molecule has 2 aromatic heterocycles. The molecule has 12 heteroatoms. The first-order valence-electron chi connectivity index (χ1n) is 7.25. The van der Waals surface area contributed by atoms with Gasteiger partial charge in [-0.1, -0.05) is 23.2 Å². The average molecular weight is 431 g/mol. The maximum Gasteiger partial charge on any atom is 0.434 e. The number of alkyl halides is 3. The third-order valence-corrected chi connectivity index (χ3v) is 4.15. The zero-order valence-corrected chi connectivity index (χ0v) is 15.3. The van der Waals surface area contributed by atoms with E-state index in [2.05, 4.69) is 20.7 Å². The maximum absolute atomic E-state index is 13.6. The Morgan fingerprint density at radius 1 is 1.35 bits per heavy atom. The lowest BCUT2D eigenvalue weighted by atomic mass is 10.2. The number of aromatic nitrogens is 3. The number of carbonyl (C=O) groups is 1. The van der Waals surface area contributed by atoms with Crippen LogP contribution < -0.4 is 10.6 Å². The van der Waals surface area contributed by atoms with Gasteiger partial charge in [0.15, 0.2) is 11.5 Å². The second-order valence-electron chi connectivity index (χ2n) is 5.44. The molecular weight excluding hydrogens is 418 g/mol. The minimum Gasteiger partial charge on any atom is -0.348 e. The Morgan fingerprint density at radius 3 is 2.65 bits per heavy atom. The third kappa shape index (κ3) is 4.22. The van der Waals surface area contributed by atoms with Crippen molar-refractivity contribution >= 4 is 41.5 Å². The zero-order chi connectivity index (χ0) is 18.2. The van der Waals surface area contributed by atoms with Crippen molar-refractivity contribution in [3.05, 3.63) is 39.8 Å². The molecule has 0 radical (unpaired) electrons. The first kappa shape index (κ1) is 20.8. The smallest absolute Gasteiger partial charge is 0.348 e. The molecule has 1 aliphatic heterocycles. The van der Waals surface area contributed by atoms with E-state index < -0.39 is 23.3 Å². The molecule has 1 fully saturated rings. The number of hydrogen-bond acceptors (Lipinski definition) is 4. The van der Waals surface area contributed by atoms with Gasteiger partial charge in [-0.3, -0.25) is 4.79 Å². The lowest BCUT2D eigenvalue weighted by Gasteiger charge is -2.14. The Balaban J connectivity index is 0.00000243. The van der Waals surface area contributed by atoms with Gasteiger partial charge in [-0.15, -0.1) is 12.4 Å². The topological polar surface area (TPSA) is 71.8 Å². The molecule has 142 valence electrons. The van der Waals surface area contributed by atoms with Crippen molar-refractivity contribution in [2.24, 2.45) is 0 Å². The summed E-state index contributed by atoms with van der Waals surface area (Å²) in [4.78, 5) is 16.1. The number of amides is 1. The molecule has 3 rings (SSSR count). The number of nitrogens with zero attached hydrogens (tertiary/aromatic N) is 3. The summed E-state index contributed by atoms with van der Waals surface area (Å²) in [6.07, 6.45) is -2.19. The summed E-state index contributed by atoms with van der Waals surface area (Å²) in [5, 5.41) is 9.31. The highest BCUT2D eigenvalue weighted by molar-refractivity contribution is 6.35. The number of carbonyl (C=O) groups excluding carboxylic acids is 1. The van der Waals surface area contributed by atoms with Crippen LogP contribution in [0.15, 0.2) is 18.5 Å². The number of pyridine rings is 1. The monoisotopic (exact) mass is 429 g/mol. The van der Waals surface area contributed by atoms with Gasteiger partial charge in [0.1, 0.15) is 0 Å². The molecule has 1 aliphatic rings. The second kappa shape index (κ2) is 7.99. The van der Waals surface area contributed by atoms with Gasteiger partial charge in [-0.05, 0) is 19.0 Å². The van der Waals surface area contributed by atoms with Crippen LogP contribution in [0.1, 0.15) is 22.5 Å². The molecule has 1 atom stereocenters. The third-order valence-electron chi connectivity index (χ3n) is 3.67. The molecule has 1 saturated heterocycles. The number of rotatable bonds is 3. The van der Waals surface area contributed by atoms with Gasteiger partial charge < -0.3 is 10.6 Å². The summed E-state index contributed by atoms with van der Waals surface area (Å²) in [7, 11) is 0. The van der Waals surface area contributed by atoms with E-state index in [9.17, 15) is 18.0 Å². The van der Waals surface area contributed by atoms with Crippen molar-refractivity contribution in [3.63, 3.8) is 0 Å². The van der Waals surface area contributed by atoms with Gasteiger partial charge in [0.2, 0.25) is 0 Å². The Labute approximate surface area is 162 Å². The standard InChI is InChI=1S/C14H12Cl2F3N5O.ClH/c15-7-3-10(16)12(21-4-7)24-11(14(17,18)19)9(6-22-24)13(25)23-8-1-2-20-5-8;/h3-4,6,8,20H,1-2,5H2,(H,23,25);1H. The predicted octanol–water partition coefficient (Wildman–Crippen LogP) is 3.11. The highest BCUT2D eigenvalue weighted by Crippen LogP contribution is 2.35. The van der Waals surface area contributed by atoms with Crippen molar-refractivity contribution in [3.8, 4) is 5.82 Å². The molecule has 0 spiro atoms. The minimum atomic E-state index is -4.83. The summed E-state index contributed by atoms with van der Waals surface area (Å²) >= 11 is 11.6. The quantitative estimate of drug-likeness (QED) is 0.785. The normalized spacial score (nSPS) is 17.0. The van der Waals surface area contributed by atoms with Crippen LogP contribution >= 0.6 is 35.6 Å². The van der Waals surface area contributed by atoms with Gasteiger partial charge in [-0.25, -0.2) is 9.67 Å². The molecule has 3 heterocycles. The highest BCUT2D eigenvalue weighted by Gasteiger charge is 2.41. The molecule has 2 N–H and O–H groups in total. The van der Waals surface area contributed by atoms with Gasteiger partial charge in [-0.2, -0.15) is 18.3 Å². The number of halogens is 6. The van der Waals surface area contributed by atoms with Crippen LogP contribution in [-0.4, -0.2) is 39.8 Å². The fourth-order valence-corrected chi connectivity index (χ4v) is 3.01. The van der Waals surface area contributed by atoms with Gasteiger partial charge in [0.05, 0.1) is 21.8 Å². The van der Waals surface area contributed by atoms with Crippen LogP contribution in [0.25, 0.3) is 5.82 Å². The van der Waals surface area contributed by atoms with Gasteiger partial charge >= 0.3 is 6.18 Å². The van der Waals surface area contributed by atoms with Crippen LogP contribution in [0.2, 0.25) is 10.0 Å². The molecule has 2 aromatic rings. The number of nitrogens with one attached hydrogen (secondary N) is 2. The van der Waals surface area contributed by atoms with E-state index in [1.165, 1.54) is 6.07 Å². The molecular formula is C14H13Cl3F3N5O. The molecule has 0 aromatic carbocycles. The van der Waals surface area contributed by atoms with Crippen LogP contribution in [0.3, 0.4) is 0 Å². The van der Waals surface area contributed by atoms with Gasteiger partial charge in [0, 0.05) is 18.8 Å². The van der Waals surface area contributed by atoms with Crippen molar-refractivity contribution < 1.29 is 18.0 Å². The summed E-state index contributed by atoms with van der Waals surface area (Å²) in [5.41, 5.74) is -1.83. The lowest BCUT2D eigenvalue weighted by molar-refractivity contribution is -0.143. The van der Waals surface area contributed by atoms with Crippen LogP contribution in [-0.2, 0) is 6.18 Å². The first-order chi connectivity index (χ1) is 11.8. The fourth-order valence-electron chi connectivity index (χ4n) is 2.55. The van der Waals surface area contributed by atoms with E-state index in [1.807, 2.05) is 0 Å². The Kier molecular flexibility index (Phi) is 6.38. The van der Waals surface area contributed by atoms with Crippen molar-refractivity contribution in [2.75, 3.05) is 13.1 Å². The van der Waals surface area contributed by atoms with E-state index in [0.29, 0.717) is 24.2 Å². The molecule has 0 bridgehead atoms. The molecule has 6 nitrogen and oxygen atoms in total. The summed E-state index contributed by atoms with van der Waals surface area (Å²) in [6.45, 7) is 1.20. The number of hydrogen-bond donors (Lipinski definition) is 2. The summed E-state index contributed by atoms with van der Waals surface area (Å²) in [5.74, 6) is -1.11. The minimum absolute atomic E-state index is 0. The Bertz CT molecular complexity index is 806. The lowest BCUT2D eigenvalue weighted by Crippen LogP contribution is -2.37. The molecule has 1 amide bonds. The molecule has 0 aliphatic carbocycles. The van der Waals surface area contributed by atoms with Crippen molar-refractivity contribution in [1.82, 2.24) is 25.4 Å². The fraction of sp³-hybridized carbons (Fsp3) is 0.357. The first-order valence-corrected chi connectivity index (χ1v) is 8.01. The Morgan fingerprint density at radius 2 is 2.08 bits per heavy atom. The van der Waals surface area contributed by atoms with E-state index in [-0.39, 0.29) is 34.3 Å². The van der Waals surface area contributed by atoms with Crippen LogP contribution in [0, 0.1) is 0 Å². The molecule has 26 heavy (non-hydrogen) atoms. The van der Waals surface area contributed by atoms with Crippen LogP contribution in [0.5, 0.6) is 0 Å². The predicted molar refractivity (Wildman–Crippen MR) is 92.4 cm³/mol. The van der Waals surface area contributed by atoms with E-state index in [4.69, 9.17) is 23.2 Å². The molecule has 1 unspecified atom stereocenters. The van der Waals surface area contributed by atoms with Gasteiger partial charge in [0.25, 0.3) is 5.91 Å². The van der Waals surface area contributed by atoms with E-state index in [0.717, 1.165) is 12.4 Å². The highest BCUT2D eigenvalue weighted by atomic mass is 35.5. The molecule has 0 saturated carbocycles. The summed E-state index contributed by atoms with van der Waals surface area (Å²) in [6, 6.07) is 1.02. The van der Waals surface area contributed by atoms with Crippen molar-refractivity contribution in [2.45, 2.75) is 18.6 Å². The SMILES string of the molecule is Cl.O=C(NC1CCNC1)c1cnn(-c2ncc(Cl)cc2Cl)c1C(F)(F)F. The zero-order valence-electron chi connectivity index (χ0n) is 13.0. The van der Waals surface area contributed by atoms with E-state index in [1.54, 1.807) is 0 Å². The second-order valence-corrected chi connectivity index (χ2v) is 6.28. The van der Waals surface area contributed by atoms with Crippen LogP contribution in [0.4, 0.5) is 13.2 Å². The maximum atomic E-state index is 13.6.